The number of anilines is 1. The lowest BCUT2D eigenvalue weighted by Gasteiger charge is -2.10. The van der Waals surface area contributed by atoms with Crippen LogP contribution in [0.15, 0.2) is 36.4 Å². The smallest absolute Gasteiger partial charge is 0.195 e. The Morgan fingerprint density at radius 3 is 2.59 bits per heavy atom. The summed E-state index contributed by atoms with van der Waals surface area (Å²) in [5, 5.41) is 5.70. The highest BCUT2D eigenvalue weighted by Gasteiger charge is 2.20. The highest BCUT2D eigenvalue weighted by Crippen LogP contribution is 2.33. The third kappa shape index (κ3) is 1.97. The average Bonchev–Trinajstić information content (AvgIpc) is 3.20. The summed E-state index contributed by atoms with van der Waals surface area (Å²) in [4.78, 5) is 3.57. The van der Waals surface area contributed by atoms with E-state index in [1.807, 2.05) is 30.3 Å². The van der Waals surface area contributed by atoms with Gasteiger partial charge in [-0.05, 0) is 35.6 Å². The summed E-state index contributed by atoms with van der Waals surface area (Å²) < 4.78 is 0. The molecule has 1 saturated carbocycles. The Kier molecular flexibility index (Phi) is 2.45. The average molecular weight is 222 g/mol. The SMILES string of the molecule is [C-]#[N+]c1ccc(NCC2CC2)c2ccccc12. The highest BCUT2D eigenvalue weighted by atomic mass is 14.9. The van der Waals surface area contributed by atoms with Gasteiger partial charge in [-0.1, -0.05) is 30.3 Å². The maximum atomic E-state index is 7.18. The Bertz CT molecular complexity index is 591. The molecular formula is C15H14N2. The summed E-state index contributed by atoms with van der Waals surface area (Å²) in [5.41, 5.74) is 1.89. The number of nitrogens with one attached hydrogen (secondary N) is 1. The number of hydrogen-bond donors (Lipinski definition) is 1. The second kappa shape index (κ2) is 4.10. The van der Waals surface area contributed by atoms with Crippen molar-refractivity contribution in [3.63, 3.8) is 0 Å². The number of nitrogens with zero attached hydrogens (tertiary/aromatic N) is 1. The van der Waals surface area contributed by atoms with E-state index in [2.05, 4.69) is 16.2 Å². The Morgan fingerprint density at radius 2 is 1.88 bits per heavy atom. The van der Waals surface area contributed by atoms with Gasteiger partial charge in [0.15, 0.2) is 5.69 Å². The summed E-state index contributed by atoms with van der Waals surface area (Å²) >= 11 is 0. The molecule has 0 radical (unpaired) electrons. The van der Waals surface area contributed by atoms with Crippen molar-refractivity contribution >= 4 is 22.1 Å². The summed E-state index contributed by atoms with van der Waals surface area (Å²) in [6.45, 7) is 8.24. The van der Waals surface area contributed by atoms with Crippen LogP contribution in [0.25, 0.3) is 15.6 Å². The zero-order valence-corrected chi connectivity index (χ0v) is 9.61. The maximum Gasteiger partial charge on any atom is 0.195 e. The van der Waals surface area contributed by atoms with Gasteiger partial charge in [-0.3, -0.25) is 0 Å². The molecule has 0 heterocycles. The molecule has 1 aliphatic rings. The van der Waals surface area contributed by atoms with Crippen LogP contribution in [-0.2, 0) is 0 Å². The second-order valence-corrected chi connectivity index (χ2v) is 4.61. The molecule has 0 aromatic heterocycles. The van der Waals surface area contributed by atoms with E-state index < -0.39 is 0 Å². The first-order chi connectivity index (χ1) is 8.38. The van der Waals surface area contributed by atoms with Gasteiger partial charge in [-0.15, -0.1) is 0 Å². The predicted octanol–water partition coefficient (Wildman–Crippen LogP) is 4.21. The molecule has 0 bridgehead atoms. The van der Waals surface area contributed by atoms with E-state index in [-0.39, 0.29) is 0 Å². The Balaban J connectivity index is 2.03. The van der Waals surface area contributed by atoms with Crippen molar-refractivity contribution in [1.82, 2.24) is 0 Å². The lowest BCUT2D eigenvalue weighted by Crippen LogP contribution is -2.03. The summed E-state index contributed by atoms with van der Waals surface area (Å²) in [6.07, 6.45) is 2.70. The molecule has 3 rings (SSSR count). The van der Waals surface area contributed by atoms with Crippen molar-refractivity contribution in [1.29, 1.82) is 0 Å². The number of hydrogen-bond acceptors (Lipinski definition) is 1. The van der Waals surface area contributed by atoms with E-state index >= 15 is 0 Å². The van der Waals surface area contributed by atoms with E-state index in [4.69, 9.17) is 6.57 Å². The molecule has 2 nitrogen and oxygen atoms in total. The molecule has 0 saturated heterocycles. The Hall–Kier alpha value is -2.01. The van der Waals surface area contributed by atoms with Gasteiger partial charge in [0.1, 0.15) is 0 Å². The molecule has 0 spiro atoms. The van der Waals surface area contributed by atoms with Crippen molar-refractivity contribution in [2.75, 3.05) is 11.9 Å². The van der Waals surface area contributed by atoms with Crippen LogP contribution in [0, 0.1) is 12.5 Å². The third-order valence-corrected chi connectivity index (χ3v) is 3.30. The third-order valence-electron chi connectivity index (χ3n) is 3.30. The van der Waals surface area contributed by atoms with Crippen LogP contribution in [0.5, 0.6) is 0 Å². The lowest BCUT2D eigenvalue weighted by molar-refractivity contribution is 0.890. The highest BCUT2D eigenvalue weighted by molar-refractivity contribution is 6.02. The van der Waals surface area contributed by atoms with Gasteiger partial charge in [0.05, 0.1) is 6.57 Å². The molecule has 1 N–H and O–H groups in total. The van der Waals surface area contributed by atoms with E-state index in [0.29, 0.717) is 0 Å². The van der Waals surface area contributed by atoms with Gasteiger partial charge in [-0.2, -0.15) is 0 Å². The maximum absolute atomic E-state index is 7.18. The minimum Gasteiger partial charge on any atom is -0.384 e. The minimum atomic E-state index is 0.734. The molecule has 84 valence electrons. The molecule has 0 unspecified atom stereocenters. The van der Waals surface area contributed by atoms with Crippen molar-refractivity contribution < 1.29 is 0 Å². The topological polar surface area (TPSA) is 16.4 Å². The molecule has 17 heavy (non-hydrogen) atoms. The van der Waals surface area contributed by atoms with Gasteiger partial charge in [0.25, 0.3) is 0 Å². The van der Waals surface area contributed by atoms with Crippen LogP contribution in [0.3, 0.4) is 0 Å². The predicted molar refractivity (Wildman–Crippen MR) is 71.4 cm³/mol. The van der Waals surface area contributed by atoms with Gasteiger partial charge >= 0.3 is 0 Å². The molecular weight excluding hydrogens is 208 g/mol. The molecule has 1 fully saturated rings. The number of rotatable bonds is 3. The van der Waals surface area contributed by atoms with E-state index in [9.17, 15) is 0 Å². The molecule has 2 aromatic carbocycles. The lowest BCUT2D eigenvalue weighted by atomic mass is 10.1. The Morgan fingerprint density at radius 1 is 1.12 bits per heavy atom. The van der Waals surface area contributed by atoms with Crippen LogP contribution in [0.2, 0.25) is 0 Å². The largest absolute Gasteiger partial charge is 0.384 e. The van der Waals surface area contributed by atoms with E-state index in [1.165, 1.54) is 12.8 Å². The molecule has 2 heteroatoms. The van der Waals surface area contributed by atoms with Crippen molar-refractivity contribution in [2.45, 2.75) is 12.8 Å². The number of fused-ring (bicyclic) bond motifs is 1. The van der Waals surface area contributed by atoms with Crippen LogP contribution in [0.1, 0.15) is 12.8 Å². The van der Waals surface area contributed by atoms with Crippen molar-refractivity contribution in [3.05, 3.63) is 47.8 Å². The monoisotopic (exact) mass is 222 g/mol. The van der Waals surface area contributed by atoms with Gasteiger partial charge < -0.3 is 5.32 Å². The minimum absolute atomic E-state index is 0.734. The van der Waals surface area contributed by atoms with E-state index in [1.54, 1.807) is 0 Å². The summed E-state index contributed by atoms with van der Waals surface area (Å²) in [6, 6.07) is 12.0. The van der Waals surface area contributed by atoms with Crippen molar-refractivity contribution in [2.24, 2.45) is 5.92 Å². The Labute approximate surface area is 101 Å². The van der Waals surface area contributed by atoms with Crippen LogP contribution in [-0.4, -0.2) is 6.54 Å². The normalized spacial score (nSPS) is 14.5. The fraction of sp³-hybridized carbons (Fsp3) is 0.267. The quantitative estimate of drug-likeness (QED) is 0.769. The molecule has 2 aromatic rings. The fourth-order valence-electron chi connectivity index (χ4n) is 2.11. The molecule has 1 aliphatic carbocycles. The van der Waals surface area contributed by atoms with Gasteiger partial charge in [-0.25, -0.2) is 4.85 Å². The first kappa shape index (κ1) is 10.2. The summed E-state index contributed by atoms with van der Waals surface area (Å²) in [5.74, 6) is 0.856. The van der Waals surface area contributed by atoms with Crippen molar-refractivity contribution in [3.8, 4) is 0 Å². The number of benzene rings is 2. The van der Waals surface area contributed by atoms with Gasteiger partial charge in [0.2, 0.25) is 0 Å². The molecule has 0 aliphatic heterocycles. The fourth-order valence-corrected chi connectivity index (χ4v) is 2.11. The van der Waals surface area contributed by atoms with E-state index in [0.717, 1.165) is 34.6 Å². The molecule has 0 amide bonds. The first-order valence-corrected chi connectivity index (χ1v) is 6.01. The molecule has 0 atom stereocenters. The van der Waals surface area contributed by atoms with Gasteiger partial charge in [0, 0.05) is 12.2 Å². The zero-order chi connectivity index (χ0) is 11.7. The summed E-state index contributed by atoms with van der Waals surface area (Å²) in [7, 11) is 0. The standard InChI is InChI=1S/C15H14N2/c1-16-14-8-9-15(17-10-11-6-7-11)13-5-3-2-4-12(13)14/h2-5,8-9,11,17H,6-7,10H2. The van der Waals surface area contributed by atoms with Crippen LogP contribution in [0.4, 0.5) is 11.4 Å². The van der Waals surface area contributed by atoms with Crippen LogP contribution < -0.4 is 5.32 Å². The first-order valence-electron chi connectivity index (χ1n) is 6.01. The zero-order valence-electron chi connectivity index (χ0n) is 9.61. The second-order valence-electron chi connectivity index (χ2n) is 4.61. The van der Waals surface area contributed by atoms with Crippen LogP contribution >= 0.6 is 0 Å².